The molecule has 1 aliphatic rings. The van der Waals surface area contributed by atoms with Gasteiger partial charge in [-0.15, -0.1) is 11.3 Å². The van der Waals surface area contributed by atoms with Crippen LogP contribution >= 0.6 is 11.3 Å². The van der Waals surface area contributed by atoms with Crippen molar-refractivity contribution in [2.45, 2.75) is 45.1 Å². The molecule has 3 rings (SSSR count). The molecule has 0 aliphatic heterocycles. The Labute approximate surface area is 122 Å². The van der Waals surface area contributed by atoms with Crippen LogP contribution in [0.25, 0.3) is 11.5 Å². The molecule has 1 unspecified atom stereocenters. The molecule has 0 saturated heterocycles. The maximum Gasteiger partial charge on any atom is 0.228 e. The Morgan fingerprint density at radius 1 is 1.45 bits per heavy atom. The quantitative estimate of drug-likeness (QED) is 0.887. The molecule has 108 valence electrons. The molecular weight excluding hydrogens is 272 g/mol. The van der Waals surface area contributed by atoms with E-state index in [1.165, 1.54) is 25.7 Å². The monoisotopic (exact) mass is 292 g/mol. The van der Waals surface area contributed by atoms with Crippen LogP contribution in [0.3, 0.4) is 0 Å². The highest BCUT2D eigenvalue weighted by Gasteiger charge is 2.26. The van der Waals surface area contributed by atoms with Gasteiger partial charge in [0.15, 0.2) is 0 Å². The Hall–Kier alpha value is -1.27. The van der Waals surface area contributed by atoms with Crippen LogP contribution in [0.4, 0.5) is 0 Å². The predicted octanol–water partition coefficient (Wildman–Crippen LogP) is 2.90. The maximum atomic E-state index is 5.39. The number of hydrogen-bond donors (Lipinski definition) is 1. The second-order valence-corrected chi connectivity index (χ2v) is 6.02. The summed E-state index contributed by atoms with van der Waals surface area (Å²) in [5.41, 5.74) is 2.58. The first-order valence-electron chi connectivity index (χ1n) is 7.31. The first kappa shape index (κ1) is 13.7. The highest BCUT2D eigenvalue weighted by molar-refractivity contribution is 7.07. The van der Waals surface area contributed by atoms with Gasteiger partial charge in [-0.2, -0.15) is 4.98 Å². The van der Waals surface area contributed by atoms with Gasteiger partial charge >= 0.3 is 0 Å². The SMILES string of the molecule is CCNC(Cc1nc(-c2cscn2)no1)C1CCCC1. The molecule has 2 aromatic heterocycles. The summed E-state index contributed by atoms with van der Waals surface area (Å²) >= 11 is 1.54. The van der Waals surface area contributed by atoms with Crippen molar-refractivity contribution in [1.29, 1.82) is 0 Å². The fraction of sp³-hybridized carbons (Fsp3) is 0.643. The summed E-state index contributed by atoms with van der Waals surface area (Å²) in [6, 6.07) is 0.450. The van der Waals surface area contributed by atoms with E-state index in [9.17, 15) is 0 Å². The van der Waals surface area contributed by atoms with Crippen molar-refractivity contribution in [3.8, 4) is 11.5 Å². The first-order chi connectivity index (χ1) is 9.86. The molecule has 5 nitrogen and oxygen atoms in total. The van der Waals surface area contributed by atoms with Crippen LogP contribution in [0, 0.1) is 5.92 Å². The first-order valence-corrected chi connectivity index (χ1v) is 8.25. The van der Waals surface area contributed by atoms with E-state index in [1.54, 1.807) is 16.8 Å². The number of rotatable bonds is 6. The molecule has 1 saturated carbocycles. The summed E-state index contributed by atoms with van der Waals surface area (Å²) in [6.45, 7) is 3.13. The molecule has 1 fully saturated rings. The Morgan fingerprint density at radius 2 is 2.30 bits per heavy atom. The van der Waals surface area contributed by atoms with Crippen LogP contribution in [0.2, 0.25) is 0 Å². The van der Waals surface area contributed by atoms with Gasteiger partial charge in [0, 0.05) is 17.8 Å². The van der Waals surface area contributed by atoms with Crippen LogP contribution in [0.15, 0.2) is 15.4 Å². The van der Waals surface area contributed by atoms with E-state index in [4.69, 9.17) is 4.52 Å². The van der Waals surface area contributed by atoms with Crippen molar-refractivity contribution < 1.29 is 4.52 Å². The van der Waals surface area contributed by atoms with E-state index in [0.717, 1.165) is 24.6 Å². The highest BCUT2D eigenvalue weighted by atomic mass is 32.1. The van der Waals surface area contributed by atoms with Gasteiger partial charge in [-0.1, -0.05) is 24.9 Å². The minimum atomic E-state index is 0.450. The van der Waals surface area contributed by atoms with Gasteiger partial charge in [-0.3, -0.25) is 0 Å². The van der Waals surface area contributed by atoms with E-state index in [1.807, 2.05) is 5.38 Å². The van der Waals surface area contributed by atoms with Crippen molar-refractivity contribution >= 4 is 11.3 Å². The third kappa shape index (κ3) is 3.07. The fourth-order valence-corrected chi connectivity index (χ4v) is 3.51. The zero-order valence-electron chi connectivity index (χ0n) is 11.7. The van der Waals surface area contributed by atoms with Gasteiger partial charge in [0.2, 0.25) is 11.7 Å². The van der Waals surface area contributed by atoms with E-state index < -0.39 is 0 Å². The molecule has 0 spiro atoms. The third-order valence-electron chi connectivity index (χ3n) is 3.96. The number of nitrogens with zero attached hydrogens (tertiary/aromatic N) is 3. The smallest absolute Gasteiger partial charge is 0.228 e. The molecule has 1 aliphatic carbocycles. The van der Waals surface area contributed by atoms with E-state index in [2.05, 4.69) is 27.4 Å². The second kappa shape index (κ2) is 6.45. The van der Waals surface area contributed by atoms with Gasteiger partial charge in [0.25, 0.3) is 0 Å². The minimum Gasteiger partial charge on any atom is -0.339 e. The van der Waals surface area contributed by atoms with Gasteiger partial charge in [0.05, 0.1) is 5.51 Å². The number of nitrogens with one attached hydrogen (secondary N) is 1. The Balaban J connectivity index is 1.68. The summed E-state index contributed by atoms with van der Waals surface area (Å²) in [5.74, 6) is 2.05. The van der Waals surface area contributed by atoms with Crippen LogP contribution < -0.4 is 5.32 Å². The molecule has 1 atom stereocenters. The Bertz CT molecular complexity index is 519. The van der Waals surface area contributed by atoms with Gasteiger partial charge in [0.1, 0.15) is 5.69 Å². The third-order valence-corrected chi connectivity index (χ3v) is 4.55. The zero-order valence-corrected chi connectivity index (χ0v) is 12.5. The fourth-order valence-electron chi connectivity index (χ4n) is 2.98. The average molecular weight is 292 g/mol. The lowest BCUT2D eigenvalue weighted by Crippen LogP contribution is -2.37. The van der Waals surface area contributed by atoms with Crippen molar-refractivity contribution in [1.82, 2.24) is 20.4 Å². The van der Waals surface area contributed by atoms with E-state index in [-0.39, 0.29) is 0 Å². The Kier molecular flexibility index (Phi) is 4.42. The Morgan fingerprint density at radius 3 is 3.00 bits per heavy atom. The lowest BCUT2D eigenvalue weighted by Gasteiger charge is -2.22. The van der Waals surface area contributed by atoms with E-state index in [0.29, 0.717) is 17.8 Å². The lowest BCUT2D eigenvalue weighted by atomic mass is 9.95. The van der Waals surface area contributed by atoms with Gasteiger partial charge in [-0.05, 0) is 25.3 Å². The summed E-state index contributed by atoms with van der Waals surface area (Å²) < 4.78 is 5.39. The molecule has 2 aromatic rings. The molecule has 20 heavy (non-hydrogen) atoms. The molecule has 0 aromatic carbocycles. The molecular formula is C14H20N4OS. The van der Waals surface area contributed by atoms with Crippen molar-refractivity contribution in [2.24, 2.45) is 5.92 Å². The van der Waals surface area contributed by atoms with Crippen LogP contribution in [0.1, 0.15) is 38.5 Å². The molecule has 0 radical (unpaired) electrons. The topological polar surface area (TPSA) is 63.8 Å². The van der Waals surface area contributed by atoms with Crippen LogP contribution in [0.5, 0.6) is 0 Å². The highest BCUT2D eigenvalue weighted by Crippen LogP contribution is 2.29. The molecule has 6 heteroatoms. The van der Waals surface area contributed by atoms with Gasteiger partial charge in [-0.25, -0.2) is 4.98 Å². The van der Waals surface area contributed by atoms with Crippen LogP contribution in [-0.4, -0.2) is 27.7 Å². The molecule has 1 N–H and O–H groups in total. The second-order valence-electron chi connectivity index (χ2n) is 5.30. The molecule has 0 amide bonds. The number of aromatic nitrogens is 3. The number of thiazole rings is 1. The predicted molar refractivity (Wildman–Crippen MR) is 78.5 cm³/mol. The summed E-state index contributed by atoms with van der Waals surface area (Å²) in [7, 11) is 0. The normalized spacial score (nSPS) is 17.6. The standard InChI is InChI=1S/C14H20N4OS/c1-2-15-11(10-5-3-4-6-10)7-13-17-14(18-19-13)12-8-20-9-16-12/h8-11,15H,2-7H2,1H3. The maximum absolute atomic E-state index is 5.39. The number of hydrogen-bond acceptors (Lipinski definition) is 6. The van der Waals surface area contributed by atoms with Crippen molar-refractivity contribution in [2.75, 3.05) is 6.54 Å². The van der Waals surface area contributed by atoms with E-state index >= 15 is 0 Å². The zero-order chi connectivity index (χ0) is 13.8. The molecule has 0 bridgehead atoms. The minimum absolute atomic E-state index is 0.450. The summed E-state index contributed by atoms with van der Waals surface area (Å²) in [5, 5.41) is 9.54. The van der Waals surface area contributed by atoms with Crippen molar-refractivity contribution in [3.05, 3.63) is 16.8 Å². The van der Waals surface area contributed by atoms with Crippen LogP contribution in [-0.2, 0) is 6.42 Å². The van der Waals surface area contributed by atoms with Gasteiger partial charge < -0.3 is 9.84 Å². The average Bonchev–Trinajstić information content (AvgIpc) is 3.20. The summed E-state index contributed by atoms with van der Waals surface area (Å²) in [6.07, 6.45) is 6.13. The largest absolute Gasteiger partial charge is 0.339 e. The van der Waals surface area contributed by atoms with Crippen molar-refractivity contribution in [3.63, 3.8) is 0 Å². The molecule has 2 heterocycles. The number of likely N-dealkylation sites (N-methyl/N-ethyl adjacent to an activating group) is 1. The summed E-state index contributed by atoms with van der Waals surface area (Å²) in [4.78, 5) is 8.68. The lowest BCUT2D eigenvalue weighted by molar-refractivity contribution is 0.311.